The van der Waals surface area contributed by atoms with E-state index < -0.39 is 129 Å². The summed E-state index contributed by atoms with van der Waals surface area (Å²) >= 11 is 0. The molecule has 0 saturated carbocycles. The molecule has 0 aromatic heterocycles. The van der Waals surface area contributed by atoms with Gasteiger partial charge in [0.2, 0.25) is 20.0 Å². The lowest BCUT2D eigenvalue weighted by Crippen LogP contribution is -2.70. The quantitative estimate of drug-likeness (QED) is 0.0412. The van der Waals surface area contributed by atoms with Crippen LogP contribution in [-0.4, -0.2) is 176 Å². The molecule has 8 nitrogen and oxygen atoms in total. The Hall–Kier alpha value is -2.08. The van der Waals surface area contributed by atoms with Crippen molar-refractivity contribution in [1.29, 1.82) is 0 Å². The number of unbranched alkanes of at least 4 members (excludes halogenated alkanes) is 3. The summed E-state index contributed by atoms with van der Waals surface area (Å²) in [7, 11) is -3.66. The van der Waals surface area contributed by atoms with Crippen LogP contribution in [0.25, 0.3) is 0 Å². The van der Waals surface area contributed by atoms with E-state index in [4.69, 9.17) is 0 Å². The summed E-state index contributed by atoms with van der Waals surface area (Å²) in [6, 6.07) is 0. The van der Waals surface area contributed by atoms with Crippen molar-refractivity contribution in [2.75, 3.05) is 79.0 Å². The number of alkyl halides is 26. The van der Waals surface area contributed by atoms with Gasteiger partial charge in [-0.25, -0.2) is 26.3 Å². The van der Waals surface area contributed by atoms with Crippen molar-refractivity contribution in [3.05, 3.63) is 0 Å². The molecule has 2 N–H and O–H groups in total. The molecule has 0 aliphatic carbocycles. The van der Waals surface area contributed by atoms with Gasteiger partial charge in [0.1, 0.15) is 0 Å². The van der Waals surface area contributed by atoms with E-state index in [-0.39, 0.29) is 34.9 Å². The fraction of sp³-hybridized carbons (Fsp3) is 1.00. The molecule has 0 spiro atoms. The third kappa shape index (κ3) is 14.8. The van der Waals surface area contributed by atoms with Gasteiger partial charge >= 0.3 is 71.6 Å². The molecule has 410 valence electrons. The zero-order chi connectivity index (χ0) is 54.7. The Kier molecular flexibility index (Phi) is 20.5. The zero-order valence-corrected chi connectivity index (χ0v) is 37.1. The molecule has 0 aliphatic heterocycles. The molecule has 0 aromatic rings. The number of nitrogens with zero attached hydrogens (tertiary/aromatic N) is 2. The van der Waals surface area contributed by atoms with Gasteiger partial charge in [0.15, 0.2) is 0 Å². The molecule has 0 bridgehead atoms. The monoisotopic (exact) mass is 1110 g/mol. The fourth-order valence-electron chi connectivity index (χ4n) is 5.71. The van der Waals surface area contributed by atoms with Crippen LogP contribution in [0.15, 0.2) is 0 Å². The second-order valence-corrected chi connectivity index (χ2v) is 20.7. The number of halogens is 26. The Morgan fingerprint density at radius 2 is 0.544 bits per heavy atom. The molecule has 0 atom stereocenters. The first-order chi connectivity index (χ1) is 29.5. The van der Waals surface area contributed by atoms with E-state index >= 15 is 0 Å². The highest BCUT2D eigenvalue weighted by Crippen LogP contribution is 2.62. The number of quaternary nitrogens is 2. The maximum atomic E-state index is 14.0. The Morgan fingerprint density at radius 1 is 0.324 bits per heavy atom. The molecule has 0 amide bonds. The summed E-state index contributed by atoms with van der Waals surface area (Å²) in [5.41, 5.74) is 0. The molecule has 0 saturated heterocycles. The van der Waals surface area contributed by atoms with Crippen LogP contribution in [0.5, 0.6) is 0 Å². The molecule has 0 unspecified atom stereocenters. The van der Waals surface area contributed by atoms with Crippen molar-refractivity contribution in [3.63, 3.8) is 0 Å². The third-order valence-electron chi connectivity index (χ3n) is 10.2. The lowest BCUT2D eigenvalue weighted by atomic mass is 9.93. The van der Waals surface area contributed by atoms with Gasteiger partial charge in [-0.2, -0.15) is 114 Å². The molecule has 0 aromatic carbocycles. The van der Waals surface area contributed by atoms with Crippen molar-refractivity contribution in [3.8, 4) is 0 Å². The fourth-order valence-corrected chi connectivity index (χ4v) is 7.96. The molecule has 0 aliphatic rings. The second kappa shape index (κ2) is 21.2. The summed E-state index contributed by atoms with van der Waals surface area (Å²) in [6.07, 6.45) is -19.1. The molecule has 0 fully saturated rings. The van der Waals surface area contributed by atoms with Gasteiger partial charge in [-0.15, -0.1) is 0 Å². The minimum atomic E-state index is -8.13. The van der Waals surface area contributed by atoms with E-state index in [1.807, 2.05) is 0 Å². The van der Waals surface area contributed by atoms with Crippen molar-refractivity contribution in [2.24, 2.45) is 0 Å². The lowest BCUT2D eigenvalue weighted by Gasteiger charge is -2.39. The first kappa shape index (κ1) is 65.9. The predicted molar refractivity (Wildman–Crippen MR) is 186 cm³/mol. The van der Waals surface area contributed by atoms with Gasteiger partial charge in [-0.05, 0) is 25.7 Å². The normalized spacial score (nSPS) is 15.9. The number of sulfonamides is 2. The first-order valence-corrected chi connectivity index (χ1v) is 22.3. The summed E-state index contributed by atoms with van der Waals surface area (Å²) in [6.45, 7) is -0.119. The van der Waals surface area contributed by atoms with E-state index in [2.05, 4.69) is 0 Å². The number of hydrogen-bond acceptors (Lipinski definition) is 4. The Labute approximate surface area is 371 Å². The van der Waals surface area contributed by atoms with Crippen LogP contribution in [0.1, 0.15) is 51.4 Å². The van der Waals surface area contributed by atoms with Gasteiger partial charge < -0.3 is 8.97 Å². The van der Waals surface area contributed by atoms with Gasteiger partial charge in [0, 0.05) is 38.8 Å². The maximum absolute atomic E-state index is 14.0. The minimum Gasteiger partial charge on any atom is -0.328 e. The van der Waals surface area contributed by atoms with Crippen LogP contribution < -0.4 is 9.44 Å². The Morgan fingerprint density at radius 3 is 0.779 bits per heavy atom. The van der Waals surface area contributed by atoms with Crippen LogP contribution in [0.2, 0.25) is 0 Å². The zero-order valence-electron chi connectivity index (χ0n) is 35.5. The van der Waals surface area contributed by atoms with Crippen molar-refractivity contribution < 1.29 is 140 Å². The van der Waals surface area contributed by atoms with Gasteiger partial charge in [-0.3, -0.25) is 0 Å². The maximum Gasteiger partial charge on any atom is 0.460 e. The van der Waals surface area contributed by atoms with Crippen LogP contribution in [0.3, 0.4) is 0 Å². The highest BCUT2D eigenvalue weighted by Gasteiger charge is 2.92. The molecule has 0 heterocycles. The number of hydrogen-bond donors (Lipinski definition) is 2. The molecule has 36 heteroatoms. The second-order valence-electron chi connectivity index (χ2n) is 16.8. The summed E-state index contributed by atoms with van der Waals surface area (Å²) in [5.74, 6) is -81.0. The molecule has 0 rings (SSSR count). The third-order valence-corrected chi connectivity index (χ3v) is 12.9. The van der Waals surface area contributed by atoms with E-state index in [0.29, 0.717) is 38.8 Å². The van der Waals surface area contributed by atoms with Gasteiger partial charge in [0.25, 0.3) is 0 Å². The molecule has 68 heavy (non-hydrogen) atoms. The smallest absolute Gasteiger partial charge is 0.328 e. The Bertz CT molecular complexity index is 1720. The predicted octanol–water partition coefficient (Wildman–Crippen LogP) is 9.58. The molecular weight excluding hydrogens is 1060 g/mol. The van der Waals surface area contributed by atoms with E-state index in [9.17, 15) is 131 Å². The van der Waals surface area contributed by atoms with Crippen LogP contribution in [-0.2, 0) is 20.0 Å². The summed E-state index contributed by atoms with van der Waals surface area (Å²) in [5, 5.41) is 0. The first-order valence-electron chi connectivity index (χ1n) is 19.0. The van der Waals surface area contributed by atoms with Gasteiger partial charge in [0.05, 0.1) is 65.9 Å². The minimum absolute atomic E-state index is 0.0989. The SMILES string of the molecule is C[N+](C)(CCCCCC[N+](C)(C)CCCNS(=O)(=O)CCC(F)(F)C(F)(F)C(F)(F)C(F)(F)C(F)(F)C(F)(F)F)CCCNS(=O)(=O)CCC(F)(F)C(F)(F)C(F)(F)C(F)(F)C(F)(F)C(F)(F)F. The largest absolute Gasteiger partial charge is 0.460 e. The summed E-state index contributed by atoms with van der Waals surface area (Å²) in [4.78, 5) is 0. The number of nitrogens with one attached hydrogen (secondary N) is 2. The van der Waals surface area contributed by atoms with E-state index in [1.165, 1.54) is 0 Å². The van der Waals surface area contributed by atoms with E-state index in [1.54, 1.807) is 37.6 Å². The van der Waals surface area contributed by atoms with Crippen LogP contribution >= 0.6 is 0 Å². The van der Waals surface area contributed by atoms with Crippen molar-refractivity contribution in [1.82, 2.24) is 9.44 Å². The highest BCUT2D eigenvalue weighted by atomic mass is 32.2. The average Bonchev–Trinajstić information content (AvgIpc) is 3.13. The average molecular weight is 1110 g/mol. The van der Waals surface area contributed by atoms with Crippen molar-refractivity contribution in [2.45, 2.75) is 123 Å². The van der Waals surface area contributed by atoms with Crippen molar-refractivity contribution >= 4 is 20.0 Å². The summed E-state index contributed by atoms with van der Waals surface area (Å²) < 4.78 is 397. The lowest BCUT2D eigenvalue weighted by molar-refractivity contribution is -0.891. The highest BCUT2D eigenvalue weighted by molar-refractivity contribution is 7.89. The van der Waals surface area contributed by atoms with Crippen LogP contribution in [0, 0.1) is 0 Å². The number of rotatable bonds is 31. The molecule has 0 radical (unpaired) electrons. The van der Waals surface area contributed by atoms with E-state index in [0.717, 1.165) is 0 Å². The molecular formula is C32H46F26N4O4S2+2. The van der Waals surface area contributed by atoms with Gasteiger partial charge in [-0.1, -0.05) is 0 Å². The standard InChI is InChI=1S/C32H46F26N4O4S2/c1-61(2,17-9-13-59-67(63,64)19-11-21(33,34)23(37,38)25(41,42)27(45,46)29(49,50)31(53,54)55)15-7-5-6-8-16-62(3,4)18-10-14-60-68(65,66)20-12-22(35,36)24(39,40)26(43,44)28(47,48)30(51,52)32(56,57)58/h59-60H,5-20H2,1-4H3/q+2. The topological polar surface area (TPSA) is 92.3 Å². The van der Waals surface area contributed by atoms with Crippen LogP contribution in [0.4, 0.5) is 114 Å². The Balaban J connectivity index is 4.91.